The second-order valence-corrected chi connectivity index (χ2v) is 5.38. The van der Waals surface area contributed by atoms with Gasteiger partial charge in [-0.2, -0.15) is 0 Å². The van der Waals surface area contributed by atoms with Crippen LogP contribution in [0.25, 0.3) is 0 Å². The third-order valence-electron chi connectivity index (χ3n) is 3.29. The Hall–Kier alpha value is -1.64. The van der Waals surface area contributed by atoms with Gasteiger partial charge in [-0.25, -0.2) is 0 Å². The molecule has 1 aromatic carbocycles. The van der Waals surface area contributed by atoms with Crippen molar-refractivity contribution >= 4 is 11.7 Å². The molecule has 0 radical (unpaired) electrons. The first-order chi connectivity index (χ1) is 9.58. The van der Waals surface area contributed by atoms with Gasteiger partial charge in [-0.3, -0.25) is 4.79 Å². The summed E-state index contributed by atoms with van der Waals surface area (Å²) in [7, 11) is 0. The van der Waals surface area contributed by atoms with Crippen LogP contribution < -0.4 is 5.32 Å². The third kappa shape index (κ3) is 7.72. The van der Waals surface area contributed by atoms with Gasteiger partial charge in [0.25, 0.3) is 0 Å². The van der Waals surface area contributed by atoms with E-state index in [9.17, 15) is 9.59 Å². The molecule has 0 aromatic heterocycles. The van der Waals surface area contributed by atoms with Crippen molar-refractivity contribution in [3.05, 3.63) is 35.4 Å². The number of nitrogens with one attached hydrogen (secondary N) is 1. The summed E-state index contributed by atoms with van der Waals surface area (Å²) >= 11 is 0. The third-order valence-corrected chi connectivity index (χ3v) is 3.29. The highest BCUT2D eigenvalue weighted by atomic mass is 16.1. The van der Waals surface area contributed by atoms with E-state index in [4.69, 9.17) is 0 Å². The van der Waals surface area contributed by atoms with E-state index in [1.165, 1.54) is 5.56 Å². The molecule has 0 spiro atoms. The van der Waals surface area contributed by atoms with Gasteiger partial charge in [0.05, 0.1) is 0 Å². The molecule has 0 aliphatic heterocycles. The molecule has 20 heavy (non-hydrogen) atoms. The van der Waals surface area contributed by atoms with E-state index < -0.39 is 0 Å². The Morgan fingerprint density at radius 3 is 2.15 bits per heavy atom. The molecule has 3 nitrogen and oxygen atoms in total. The SMILES string of the molecule is CC(=O)CCCCCCC(=O)NCc1ccc(C)cc1. The molecule has 0 bridgehead atoms. The number of rotatable bonds is 9. The fourth-order valence-corrected chi connectivity index (χ4v) is 2.01. The summed E-state index contributed by atoms with van der Waals surface area (Å²) in [5.74, 6) is 0.359. The Labute approximate surface area is 121 Å². The van der Waals surface area contributed by atoms with Crippen LogP contribution in [-0.2, 0) is 16.1 Å². The van der Waals surface area contributed by atoms with E-state index in [1.807, 2.05) is 12.1 Å². The van der Waals surface area contributed by atoms with Crippen molar-refractivity contribution in [2.24, 2.45) is 0 Å². The van der Waals surface area contributed by atoms with E-state index in [1.54, 1.807) is 6.92 Å². The van der Waals surface area contributed by atoms with Crippen molar-refractivity contribution in [2.75, 3.05) is 0 Å². The summed E-state index contributed by atoms with van der Waals surface area (Å²) < 4.78 is 0. The molecular weight excluding hydrogens is 250 g/mol. The van der Waals surface area contributed by atoms with Gasteiger partial charge in [-0.05, 0) is 32.3 Å². The quantitative estimate of drug-likeness (QED) is 0.701. The highest BCUT2D eigenvalue weighted by molar-refractivity contribution is 5.76. The van der Waals surface area contributed by atoms with Gasteiger partial charge in [0.2, 0.25) is 5.91 Å². The molecule has 1 N–H and O–H groups in total. The Morgan fingerprint density at radius 1 is 0.950 bits per heavy atom. The van der Waals surface area contributed by atoms with Gasteiger partial charge in [-0.1, -0.05) is 42.7 Å². The zero-order valence-electron chi connectivity index (χ0n) is 12.6. The highest BCUT2D eigenvalue weighted by Gasteiger charge is 2.01. The summed E-state index contributed by atoms with van der Waals surface area (Å²) in [6, 6.07) is 8.18. The molecule has 110 valence electrons. The number of hydrogen-bond donors (Lipinski definition) is 1. The molecule has 0 fully saturated rings. The van der Waals surface area contributed by atoms with Crippen LogP contribution in [-0.4, -0.2) is 11.7 Å². The number of carbonyl (C=O) groups excluding carboxylic acids is 2. The van der Waals surface area contributed by atoms with Gasteiger partial charge in [0, 0.05) is 19.4 Å². The first-order valence-corrected chi connectivity index (χ1v) is 7.39. The molecule has 0 saturated heterocycles. The predicted molar refractivity (Wildman–Crippen MR) is 81.4 cm³/mol. The maximum Gasteiger partial charge on any atom is 0.220 e. The van der Waals surface area contributed by atoms with Crippen LogP contribution in [0.1, 0.15) is 56.6 Å². The Balaban J connectivity index is 2.06. The molecule has 0 unspecified atom stereocenters. The first kappa shape index (κ1) is 16.4. The summed E-state index contributed by atoms with van der Waals surface area (Å²) in [6.07, 6.45) is 5.14. The Morgan fingerprint density at radius 2 is 1.55 bits per heavy atom. The molecule has 3 heteroatoms. The molecule has 0 heterocycles. The summed E-state index contributed by atoms with van der Waals surface area (Å²) in [5, 5.41) is 2.93. The minimum absolute atomic E-state index is 0.108. The van der Waals surface area contributed by atoms with E-state index >= 15 is 0 Å². The van der Waals surface area contributed by atoms with Crippen LogP contribution >= 0.6 is 0 Å². The van der Waals surface area contributed by atoms with Gasteiger partial charge >= 0.3 is 0 Å². The maximum absolute atomic E-state index is 11.7. The van der Waals surface area contributed by atoms with E-state index in [2.05, 4.69) is 24.4 Å². The Bertz CT molecular complexity index is 423. The van der Waals surface area contributed by atoms with Crippen LogP contribution in [0.2, 0.25) is 0 Å². The molecule has 0 aliphatic carbocycles. The van der Waals surface area contributed by atoms with Crippen molar-refractivity contribution in [3.8, 4) is 0 Å². The van der Waals surface area contributed by atoms with Crippen LogP contribution in [0.5, 0.6) is 0 Å². The van der Waals surface area contributed by atoms with E-state index in [-0.39, 0.29) is 11.7 Å². The molecule has 1 rings (SSSR count). The second-order valence-electron chi connectivity index (χ2n) is 5.38. The lowest BCUT2D eigenvalue weighted by molar-refractivity contribution is -0.121. The lowest BCUT2D eigenvalue weighted by atomic mass is 10.1. The van der Waals surface area contributed by atoms with E-state index in [0.717, 1.165) is 31.2 Å². The van der Waals surface area contributed by atoms with Crippen molar-refractivity contribution < 1.29 is 9.59 Å². The molecule has 1 aromatic rings. The number of ketones is 1. The number of hydrogen-bond acceptors (Lipinski definition) is 2. The molecule has 0 aliphatic rings. The predicted octanol–water partition coefficient (Wildman–Crippen LogP) is 3.54. The van der Waals surface area contributed by atoms with Crippen molar-refractivity contribution in [2.45, 2.75) is 58.9 Å². The second kappa shape index (κ2) is 9.29. The summed E-state index contributed by atoms with van der Waals surface area (Å²) in [5.41, 5.74) is 2.36. The average Bonchev–Trinajstić information content (AvgIpc) is 2.41. The summed E-state index contributed by atoms with van der Waals surface area (Å²) in [6.45, 7) is 4.27. The fourth-order valence-electron chi connectivity index (χ4n) is 2.01. The minimum Gasteiger partial charge on any atom is -0.352 e. The van der Waals surface area contributed by atoms with Crippen LogP contribution in [0, 0.1) is 6.92 Å². The summed E-state index contributed by atoms with van der Waals surface area (Å²) in [4.78, 5) is 22.4. The van der Waals surface area contributed by atoms with Gasteiger partial charge in [0.15, 0.2) is 0 Å². The monoisotopic (exact) mass is 275 g/mol. The molecular formula is C17H25NO2. The lowest BCUT2D eigenvalue weighted by Crippen LogP contribution is -2.22. The maximum atomic E-state index is 11.7. The number of Topliss-reactive ketones (excluding diaryl/α,β-unsaturated/α-hetero) is 1. The lowest BCUT2D eigenvalue weighted by Gasteiger charge is -2.05. The number of aryl methyl sites for hydroxylation is 1. The minimum atomic E-state index is 0.108. The van der Waals surface area contributed by atoms with Crippen LogP contribution in [0.4, 0.5) is 0 Å². The van der Waals surface area contributed by atoms with Gasteiger partial charge in [-0.15, -0.1) is 0 Å². The number of unbranched alkanes of at least 4 members (excludes halogenated alkanes) is 3. The molecule has 0 atom stereocenters. The average molecular weight is 275 g/mol. The largest absolute Gasteiger partial charge is 0.352 e. The normalized spacial score (nSPS) is 10.3. The fraction of sp³-hybridized carbons (Fsp3) is 0.529. The van der Waals surface area contributed by atoms with Crippen LogP contribution in [0.15, 0.2) is 24.3 Å². The number of carbonyl (C=O) groups is 2. The van der Waals surface area contributed by atoms with Crippen molar-refractivity contribution in [1.29, 1.82) is 0 Å². The van der Waals surface area contributed by atoms with Gasteiger partial charge in [0.1, 0.15) is 5.78 Å². The zero-order valence-corrected chi connectivity index (χ0v) is 12.6. The first-order valence-electron chi connectivity index (χ1n) is 7.39. The highest BCUT2D eigenvalue weighted by Crippen LogP contribution is 2.06. The Kier molecular flexibility index (Phi) is 7.63. The van der Waals surface area contributed by atoms with Gasteiger partial charge < -0.3 is 10.1 Å². The van der Waals surface area contributed by atoms with Crippen molar-refractivity contribution in [1.82, 2.24) is 5.32 Å². The topological polar surface area (TPSA) is 46.2 Å². The zero-order chi connectivity index (χ0) is 14.8. The molecule has 1 amide bonds. The number of amides is 1. The standard InChI is InChI=1S/C17H25NO2/c1-14-9-11-16(12-10-14)13-18-17(20)8-6-4-3-5-7-15(2)19/h9-12H,3-8,13H2,1-2H3,(H,18,20). The smallest absolute Gasteiger partial charge is 0.220 e. The van der Waals surface area contributed by atoms with E-state index in [0.29, 0.717) is 19.4 Å². The molecule has 0 saturated carbocycles. The van der Waals surface area contributed by atoms with Crippen LogP contribution in [0.3, 0.4) is 0 Å². The van der Waals surface area contributed by atoms with Crippen molar-refractivity contribution in [3.63, 3.8) is 0 Å². The number of benzene rings is 1.